The fourth-order valence-electron chi connectivity index (χ4n) is 0.711. The molecule has 0 aromatic heterocycles. The van der Waals surface area contributed by atoms with Gasteiger partial charge in [0.15, 0.2) is 0 Å². The van der Waals surface area contributed by atoms with E-state index in [-0.39, 0.29) is 38.6 Å². The van der Waals surface area contributed by atoms with Gasteiger partial charge in [0.2, 0.25) is 0 Å². The molecule has 1 aromatic carbocycles. The minimum atomic E-state index is -0.277. The third-order valence-corrected chi connectivity index (χ3v) is 1.30. The van der Waals surface area contributed by atoms with E-state index in [1.54, 1.807) is 6.07 Å². The molecule has 13 heavy (non-hydrogen) atoms. The van der Waals surface area contributed by atoms with Gasteiger partial charge in [0.05, 0.1) is 6.29 Å². The molecule has 1 rings (SSSR count). The quantitative estimate of drug-likeness (QED) is 0.583. The molecule has 1 aromatic rings. The van der Waals surface area contributed by atoms with Gasteiger partial charge in [0, 0.05) is 32.7 Å². The summed E-state index contributed by atoms with van der Waals surface area (Å²) >= 11 is 0. The summed E-state index contributed by atoms with van der Waals surface area (Å²) in [6.07, 6.45) is 0.811. The van der Waals surface area contributed by atoms with Crippen LogP contribution in [-0.2, 0) is 37.5 Å². The van der Waals surface area contributed by atoms with Gasteiger partial charge in [-0.2, -0.15) is 35.9 Å². The molecule has 0 saturated heterocycles. The van der Waals surface area contributed by atoms with Crippen LogP contribution in [0.15, 0.2) is 24.3 Å². The molecule has 0 aliphatic rings. The minimum absolute atomic E-state index is 0. The molecule has 69 valence electrons. The normalized spacial score (nSPS) is 10.1. The fourth-order valence-corrected chi connectivity index (χ4v) is 0.711. The van der Waals surface area contributed by atoms with Crippen LogP contribution in [0.5, 0.6) is 0 Å². The Hall–Kier alpha value is -0.00610. The summed E-state index contributed by atoms with van der Waals surface area (Å²) in [6, 6.07) is 10.3. The summed E-state index contributed by atoms with van der Waals surface area (Å²) in [7, 11) is 0. The monoisotopic (exact) mass is 251 g/mol. The van der Waals surface area contributed by atoms with Crippen molar-refractivity contribution in [3.8, 4) is 0 Å². The minimum Gasteiger partial charge on any atom is -0.331 e. The molecule has 1 unspecified atom stereocenters. The zero-order chi connectivity index (χ0) is 9.40. The third kappa shape index (κ3) is 6.12. The van der Waals surface area contributed by atoms with Crippen LogP contribution in [-0.4, -0.2) is 6.29 Å². The number of rotatable bonds is 2. The number of aldehydes is 1. The molecular formula is C11H14OY-2. The third-order valence-electron chi connectivity index (χ3n) is 1.30. The molecule has 0 saturated carbocycles. The predicted octanol–water partition coefficient (Wildman–Crippen LogP) is 2.63. The summed E-state index contributed by atoms with van der Waals surface area (Å²) in [5.41, 5.74) is 0.845. The molecule has 0 heterocycles. The Morgan fingerprint density at radius 3 is 2.46 bits per heavy atom. The molecule has 2 heteroatoms. The summed E-state index contributed by atoms with van der Waals surface area (Å²) in [4.78, 5) is 10.2. The van der Waals surface area contributed by atoms with Crippen molar-refractivity contribution in [3.63, 3.8) is 0 Å². The molecule has 0 aliphatic heterocycles. The van der Waals surface area contributed by atoms with E-state index in [0.717, 1.165) is 11.8 Å². The molecule has 0 N–H and O–H groups in total. The molecule has 0 bridgehead atoms. The molecule has 0 fully saturated rings. The van der Waals surface area contributed by atoms with E-state index in [2.05, 4.69) is 13.0 Å². The van der Waals surface area contributed by atoms with Crippen LogP contribution >= 0.6 is 0 Å². The average molecular weight is 251 g/mol. The van der Waals surface area contributed by atoms with Crippen molar-refractivity contribution < 1.29 is 37.5 Å². The molecule has 0 spiro atoms. The maximum absolute atomic E-state index is 10.2. The van der Waals surface area contributed by atoms with Gasteiger partial charge in [-0.1, -0.05) is 13.8 Å². The Labute approximate surface area is 106 Å². The SMILES string of the molecule is CC.[CH2-]C(C=O)c1[c-]cccc1.[Y]. The van der Waals surface area contributed by atoms with Crippen LogP contribution in [0.3, 0.4) is 0 Å². The first-order valence-corrected chi connectivity index (χ1v) is 4.09. The summed E-state index contributed by atoms with van der Waals surface area (Å²) in [5.74, 6) is -0.277. The summed E-state index contributed by atoms with van der Waals surface area (Å²) in [5, 5.41) is 0. The Balaban J connectivity index is 0. The van der Waals surface area contributed by atoms with E-state index in [4.69, 9.17) is 0 Å². The van der Waals surface area contributed by atoms with Crippen molar-refractivity contribution >= 4 is 6.29 Å². The van der Waals surface area contributed by atoms with E-state index in [9.17, 15) is 4.79 Å². The maximum atomic E-state index is 10.2. The number of carbonyl (C=O) groups excluding carboxylic acids is 1. The largest absolute Gasteiger partial charge is 0.331 e. The topological polar surface area (TPSA) is 17.1 Å². The van der Waals surface area contributed by atoms with Crippen LogP contribution in [0.1, 0.15) is 25.3 Å². The molecule has 1 radical (unpaired) electrons. The first-order chi connectivity index (χ1) is 5.84. The predicted molar refractivity (Wildman–Crippen MR) is 50.8 cm³/mol. The molecule has 0 aliphatic carbocycles. The second-order valence-corrected chi connectivity index (χ2v) is 2.06. The van der Waals surface area contributed by atoms with Gasteiger partial charge in [-0.05, 0) is 0 Å². The van der Waals surface area contributed by atoms with Gasteiger partial charge in [0.25, 0.3) is 0 Å². The van der Waals surface area contributed by atoms with E-state index in [0.29, 0.717) is 0 Å². The van der Waals surface area contributed by atoms with E-state index in [1.807, 2.05) is 32.0 Å². The van der Waals surface area contributed by atoms with Crippen molar-refractivity contribution in [1.82, 2.24) is 0 Å². The van der Waals surface area contributed by atoms with Crippen molar-refractivity contribution in [2.45, 2.75) is 19.8 Å². The van der Waals surface area contributed by atoms with Crippen molar-refractivity contribution in [3.05, 3.63) is 42.8 Å². The van der Waals surface area contributed by atoms with Gasteiger partial charge in [-0.15, -0.1) is 5.92 Å². The molecule has 1 atom stereocenters. The average Bonchev–Trinajstić information content (AvgIpc) is 2.21. The summed E-state index contributed by atoms with van der Waals surface area (Å²) < 4.78 is 0. The van der Waals surface area contributed by atoms with Gasteiger partial charge in [-0.25, -0.2) is 0 Å². The second-order valence-electron chi connectivity index (χ2n) is 2.06. The zero-order valence-electron chi connectivity index (χ0n) is 8.16. The number of benzene rings is 1. The van der Waals surface area contributed by atoms with Gasteiger partial charge < -0.3 is 11.7 Å². The van der Waals surface area contributed by atoms with Crippen molar-refractivity contribution in [1.29, 1.82) is 0 Å². The maximum Gasteiger partial charge on any atom is 0.0949 e. The van der Waals surface area contributed by atoms with Crippen LogP contribution < -0.4 is 0 Å². The first kappa shape index (κ1) is 15.5. The van der Waals surface area contributed by atoms with Gasteiger partial charge >= 0.3 is 0 Å². The van der Waals surface area contributed by atoms with Gasteiger partial charge in [-0.3, -0.25) is 0 Å². The first-order valence-electron chi connectivity index (χ1n) is 4.09. The Morgan fingerprint density at radius 1 is 1.46 bits per heavy atom. The number of hydrogen-bond acceptors (Lipinski definition) is 1. The molecule has 1 nitrogen and oxygen atoms in total. The van der Waals surface area contributed by atoms with Crippen LogP contribution in [0.2, 0.25) is 0 Å². The smallest absolute Gasteiger partial charge is 0.0949 e. The summed E-state index contributed by atoms with van der Waals surface area (Å²) in [6.45, 7) is 7.63. The second kappa shape index (κ2) is 10.1. The molecule has 0 amide bonds. The van der Waals surface area contributed by atoms with Crippen LogP contribution in [0, 0.1) is 13.0 Å². The number of hydrogen-bond donors (Lipinski definition) is 0. The van der Waals surface area contributed by atoms with Crippen LogP contribution in [0.25, 0.3) is 0 Å². The fraction of sp³-hybridized carbons (Fsp3) is 0.273. The Kier molecular flexibility index (Phi) is 12.0. The van der Waals surface area contributed by atoms with Crippen LogP contribution in [0.4, 0.5) is 0 Å². The zero-order valence-corrected chi connectivity index (χ0v) is 11.0. The standard InChI is InChI=1S/C9H8O.C2H6.Y/c1-8(7-10)9-5-3-2-4-6-9;1-2;/h2-5,7-8H,1H2;1-2H3;/q-2;;. The Morgan fingerprint density at radius 2 is 2.08 bits per heavy atom. The van der Waals surface area contributed by atoms with E-state index < -0.39 is 0 Å². The van der Waals surface area contributed by atoms with Crippen molar-refractivity contribution in [2.75, 3.05) is 0 Å². The van der Waals surface area contributed by atoms with E-state index in [1.165, 1.54) is 0 Å². The van der Waals surface area contributed by atoms with E-state index >= 15 is 0 Å². The van der Waals surface area contributed by atoms with Gasteiger partial charge in [0.1, 0.15) is 0 Å². The molecular weight excluding hydrogens is 237 g/mol. The number of carbonyl (C=O) groups is 1. The van der Waals surface area contributed by atoms with Crippen molar-refractivity contribution in [2.24, 2.45) is 0 Å². The Bertz CT molecular complexity index is 209.